The highest BCUT2D eigenvalue weighted by Crippen LogP contribution is 2.27. The number of halogens is 2. The molecule has 1 aromatic carbocycles. The van der Waals surface area contributed by atoms with Crippen molar-refractivity contribution in [1.29, 1.82) is 0 Å². The molecule has 1 aliphatic heterocycles. The standard InChI is InChI=1S/C15H15FN2.ClH/c16-15(11-5-7-17-8-6-11)13-9-12-3-1-2-4-14(12)18-10-13;/h1-4,9-10,17H,5-8H2;1H. The molecule has 1 fully saturated rings. The molecule has 1 aromatic heterocycles. The summed E-state index contributed by atoms with van der Waals surface area (Å²) < 4.78 is 14.4. The highest BCUT2D eigenvalue weighted by atomic mass is 35.5. The van der Waals surface area contributed by atoms with Crippen molar-refractivity contribution >= 4 is 29.1 Å². The summed E-state index contributed by atoms with van der Waals surface area (Å²) in [5, 5.41) is 4.22. The molecule has 1 N–H and O–H groups in total. The Labute approximate surface area is 118 Å². The molecule has 2 nitrogen and oxygen atoms in total. The molecule has 1 aliphatic rings. The fraction of sp³-hybridized carbons (Fsp3) is 0.267. The topological polar surface area (TPSA) is 24.9 Å². The lowest BCUT2D eigenvalue weighted by Gasteiger charge is -2.16. The number of nitrogens with zero attached hydrogens (tertiary/aromatic N) is 1. The van der Waals surface area contributed by atoms with Gasteiger partial charge in [-0.2, -0.15) is 0 Å². The van der Waals surface area contributed by atoms with Crippen molar-refractivity contribution in [3.8, 4) is 0 Å². The van der Waals surface area contributed by atoms with Crippen molar-refractivity contribution in [2.45, 2.75) is 12.8 Å². The summed E-state index contributed by atoms with van der Waals surface area (Å²) in [5.41, 5.74) is 2.42. The first-order valence-corrected chi connectivity index (χ1v) is 6.28. The van der Waals surface area contributed by atoms with Gasteiger partial charge in [-0.3, -0.25) is 4.98 Å². The molecule has 19 heavy (non-hydrogen) atoms. The van der Waals surface area contributed by atoms with Crippen LogP contribution in [0.15, 0.2) is 42.1 Å². The van der Waals surface area contributed by atoms with Gasteiger partial charge in [0.2, 0.25) is 0 Å². The Hall–Kier alpha value is -1.45. The molecular weight excluding hydrogens is 263 g/mol. The minimum atomic E-state index is -0.0882. The van der Waals surface area contributed by atoms with E-state index in [1.54, 1.807) is 6.20 Å². The molecule has 0 radical (unpaired) electrons. The normalized spacial score (nSPS) is 15.1. The third-order valence-corrected chi connectivity index (χ3v) is 3.36. The van der Waals surface area contributed by atoms with E-state index in [-0.39, 0.29) is 18.2 Å². The first-order valence-electron chi connectivity index (χ1n) is 6.28. The Kier molecular flexibility index (Phi) is 4.51. The summed E-state index contributed by atoms with van der Waals surface area (Å²) in [4.78, 5) is 4.31. The first kappa shape index (κ1) is 14.0. The second-order valence-electron chi connectivity index (χ2n) is 4.58. The van der Waals surface area contributed by atoms with E-state index >= 15 is 0 Å². The van der Waals surface area contributed by atoms with E-state index in [1.165, 1.54) is 0 Å². The van der Waals surface area contributed by atoms with Gasteiger partial charge in [-0.05, 0) is 43.6 Å². The van der Waals surface area contributed by atoms with Crippen LogP contribution in [0.3, 0.4) is 0 Å². The van der Waals surface area contributed by atoms with E-state index < -0.39 is 0 Å². The lowest BCUT2D eigenvalue weighted by atomic mass is 10.0. The van der Waals surface area contributed by atoms with Crippen molar-refractivity contribution < 1.29 is 4.39 Å². The van der Waals surface area contributed by atoms with Crippen LogP contribution < -0.4 is 5.32 Å². The van der Waals surface area contributed by atoms with Crippen LogP contribution in [-0.2, 0) is 0 Å². The molecule has 100 valence electrons. The third-order valence-electron chi connectivity index (χ3n) is 3.36. The maximum atomic E-state index is 14.4. The number of fused-ring (bicyclic) bond motifs is 1. The number of hydrogen-bond donors (Lipinski definition) is 1. The number of hydrogen-bond acceptors (Lipinski definition) is 2. The zero-order valence-electron chi connectivity index (χ0n) is 10.5. The highest BCUT2D eigenvalue weighted by molar-refractivity contribution is 5.85. The number of rotatable bonds is 1. The SMILES string of the molecule is Cl.FC(=C1CCNCC1)c1cnc2ccccc2c1. The Balaban J connectivity index is 0.00000133. The first-order chi connectivity index (χ1) is 8.84. The lowest BCUT2D eigenvalue weighted by molar-refractivity contribution is 0.596. The van der Waals surface area contributed by atoms with Gasteiger partial charge in [0, 0.05) is 17.1 Å². The van der Waals surface area contributed by atoms with Crippen LogP contribution in [0, 0.1) is 0 Å². The summed E-state index contributed by atoms with van der Waals surface area (Å²) in [7, 11) is 0. The van der Waals surface area contributed by atoms with E-state index in [9.17, 15) is 4.39 Å². The van der Waals surface area contributed by atoms with Gasteiger partial charge in [0.1, 0.15) is 5.83 Å². The molecule has 0 saturated carbocycles. The molecule has 2 aromatic rings. The predicted molar refractivity (Wildman–Crippen MR) is 79.1 cm³/mol. The van der Waals surface area contributed by atoms with Gasteiger partial charge in [0.25, 0.3) is 0 Å². The summed E-state index contributed by atoms with van der Waals surface area (Å²) >= 11 is 0. The largest absolute Gasteiger partial charge is 0.316 e. The second-order valence-corrected chi connectivity index (χ2v) is 4.58. The van der Waals surface area contributed by atoms with E-state index in [0.717, 1.165) is 42.4 Å². The van der Waals surface area contributed by atoms with Crippen molar-refractivity contribution in [2.75, 3.05) is 13.1 Å². The van der Waals surface area contributed by atoms with Crippen molar-refractivity contribution in [2.24, 2.45) is 0 Å². The second kappa shape index (κ2) is 6.13. The molecule has 0 atom stereocenters. The number of aromatic nitrogens is 1. The third kappa shape index (κ3) is 2.94. The van der Waals surface area contributed by atoms with Gasteiger partial charge in [0.15, 0.2) is 0 Å². The molecule has 3 rings (SSSR count). The van der Waals surface area contributed by atoms with Crippen LogP contribution in [0.25, 0.3) is 16.7 Å². The molecule has 0 unspecified atom stereocenters. The van der Waals surface area contributed by atoms with Gasteiger partial charge in [-0.1, -0.05) is 18.2 Å². The van der Waals surface area contributed by atoms with Gasteiger partial charge >= 0.3 is 0 Å². The Bertz CT molecular complexity index is 602. The summed E-state index contributed by atoms with van der Waals surface area (Å²) in [6.45, 7) is 1.73. The smallest absolute Gasteiger partial charge is 0.131 e. The van der Waals surface area contributed by atoms with Crippen LogP contribution >= 0.6 is 12.4 Å². The fourth-order valence-corrected chi connectivity index (χ4v) is 2.34. The summed E-state index contributed by atoms with van der Waals surface area (Å²) in [6.07, 6.45) is 3.21. The number of nitrogens with one attached hydrogen (secondary N) is 1. The van der Waals surface area contributed by atoms with Crippen LogP contribution in [0.2, 0.25) is 0 Å². The van der Waals surface area contributed by atoms with Crippen LogP contribution in [0.5, 0.6) is 0 Å². The molecule has 4 heteroatoms. The Morgan fingerprint density at radius 1 is 1.16 bits per heavy atom. The number of piperidine rings is 1. The van der Waals surface area contributed by atoms with E-state index in [1.807, 2.05) is 30.3 Å². The predicted octanol–water partition coefficient (Wildman–Crippen LogP) is 3.72. The van der Waals surface area contributed by atoms with Gasteiger partial charge in [0.05, 0.1) is 5.52 Å². The zero-order valence-corrected chi connectivity index (χ0v) is 11.3. The van der Waals surface area contributed by atoms with Crippen molar-refractivity contribution in [3.63, 3.8) is 0 Å². The van der Waals surface area contributed by atoms with Gasteiger partial charge in [-0.25, -0.2) is 4.39 Å². The molecule has 0 aliphatic carbocycles. The van der Waals surface area contributed by atoms with Crippen molar-refractivity contribution in [3.05, 3.63) is 47.7 Å². The molecule has 0 bridgehead atoms. The average Bonchev–Trinajstić information content (AvgIpc) is 2.47. The monoisotopic (exact) mass is 278 g/mol. The van der Waals surface area contributed by atoms with E-state index in [0.29, 0.717) is 5.56 Å². The minimum Gasteiger partial charge on any atom is -0.316 e. The molecule has 1 saturated heterocycles. The van der Waals surface area contributed by atoms with E-state index in [2.05, 4.69) is 10.3 Å². The minimum absolute atomic E-state index is 0. The zero-order chi connectivity index (χ0) is 12.4. The van der Waals surface area contributed by atoms with Gasteiger partial charge in [-0.15, -0.1) is 12.4 Å². The summed E-state index contributed by atoms with van der Waals surface area (Å²) in [5.74, 6) is -0.0882. The van der Waals surface area contributed by atoms with E-state index in [4.69, 9.17) is 0 Å². The lowest BCUT2D eigenvalue weighted by Crippen LogP contribution is -2.23. The van der Waals surface area contributed by atoms with Gasteiger partial charge < -0.3 is 5.32 Å². The quantitative estimate of drug-likeness (QED) is 0.860. The maximum Gasteiger partial charge on any atom is 0.131 e. The van der Waals surface area contributed by atoms with Crippen molar-refractivity contribution in [1.82, 2.24) is 10.3 Å². The highest BCUT2D eigenvalue weighted by Gasteiger charge is 2.13. The average molecular weight is 279 g/mol. The van der Waals surface area contributed by atoms with Crippen LogP contribution in [0.1, 0.15) is 18.4 Å². The van der Waals surface area contributed by atoms with Crippen LogP contribution in [0.4, 0.5) is 4.39 Å². The van der Waals surface area contributed by atoms with Crippen LogP contribution in [-0.4, -0.2) is 18.1 Å². The summed E-state index contributed by atoms with van der Waals surface area (Å²) in [6, 6.07) is 9.67. The fourth-order valence-electron chi connectivity index (χ4n) is 2.34. The maximum absolute atomic E-state index is 14.4. The molecule has 2 heterocycles. The Morgan fingerprint density at radius 2 is 1.89 bits per heavy atom. The molecule has 0 spiro atoms. The molecule has 0 amide bonds. The Morgan fingerprint density at radius 3 is 2.68 bits per heavy atom. The number of benzene rings is 1. The molecular formula is C15H16ClFN2. The number of para-hydroxylation sites is 1. The number of pyridine rings is 1.